The van der Waals surface area contributed by atoms with Crippen LogP contribution in [0.5, 0.6) is 5.75 Å². The summed E-state index contributed by atoms with van der Waals surface area (Å²) in [6.45, 7) is 5.21. The van der Waals surface area contributed by atoms with Crippen LogP contribution in [0.15, 0.2) is 48.5 Å². The van der Waals surface area contributed by atoms with Gasteiger partial charge in [0.1, 0.15) is 18.4 Å². The fourth-order valence-electron chi connectivity index (χ4n) is 5.95. The molecule has 3 atom stereocenters. The second kappa shape index (κ2) is 13.6. The molecule has 41 heavy (non-hydrogen) atoms. The number of hydrogen-bond acceptors (Lipinski definition) is 8. The third-order valence-electron chi connectivity index (χ3n) is 8.25. The highest BCUT2D eigenvalue weighted by Gasteiger charge is 2.43. The summed E-state index contributed by atoms with van der Waals surface area (Å²) in [7, 11) is 1.64. The molecule has 3 aliphatic heterocycles. The number of rotatable bonds is 10. The van der Waals surface area contributed by atoms with E-state index in [9.17, 15) is 19.7 Å². The van der Waals surface area contributed by atoms with Gasteiger partial charge in [-0.05, 0) is 80.1 Å². The van der Waals surface area contributed by atoms with Crippen LogP contribution in [-0.2, 0) is 21.9 Å². The molecule has 0 saturated carbocycles. The SMILES string of the molecule is COc1ccc(CS[C@H]2C[C@@H](C(=O)N3CC[C@H](CN4CCCC4)C3)N(C(=O)OCc3ccc([N+](=O)[O-])cc3)C2)cc1. The van der Waals surface area contributed by atoms with Gasteiger partial charge >= 0.3 is 6.09 Å². The van der Waals surface area contributed by atoms with Crippen molar-refractivity contribution in [2.24, 2.45) is 5.92 Å². The number of ether oxygens (including phenoxy) is 2. The number of likely N-dealkylation sites (tertiary alicyclic amines) is 3. The summed E-state index contributed by atoms with van der Waals surface area (Å²) in [5.74, 6) is 2.05. The van der Waals surface area contributed by atoms with Crippen molar-refractivity contribution in [1.82, 2.24) is 14.7 Å². The first-order chi connectivity index (χ1) is 19.9. The molecular weight excluding hydrogens is 544 g/mol. The van der Waals surface area contributed by atoms with E-state index in [1.807, 2.05) is 29.2 Å². The lowest BCUT2D eigenvalue weighted by atomic mass is 10.1. The van der Waals surface area contributed by atoms with Crippen molar-refractivity contribution in [2.75, 3.05) is 46.4 Å². The molecule has 0 aliphatic carbocycles. The summed E-state index contributed by atoms with van der Waals surface area (Å²) in [6, 6.07) is 13.3. The summed E-state index contributed by atoms with van der Waals surface area (Å²) in [4.78, 5) is 43.6. The van der Waals surface area contributed by atoms with Gasteiger partial charge in [-0.1, -0.05) is 12.1 Å². The number of thioether (sulfide) groups is 1. The number of carbonyl (C=O) groups excluding carboxylic acids is 2. The molecule has 0 aromatic heterocycles. The predicted molar refractivity (Wildman–Crippen MR) is 157 cm³/mol. The predicted octanol–water partition coefficient (Wildman–Crippen LogP) is 4.56. The van der Waals surface area contributed by atoms with Gasteiger partial charge in [0.25, 0.3) is 5.69 Å². The minimum Gasteiger partial charge on any atom is -0.497 e. The number of non-ortho nitro benzene ring substituents is 1. The van der Waals surface area contributed by atoms with E-state index in [1.165, 1.54) is 25.0 Å². The highest BCUT2D eigenvalue weighted by molar-refractivity contribution is 7.99. The molecule has 2 amide bonds. The largest absolute Gasteiger partial charge is 0.497 e. The molecule has 5 rings (SSSR count). The highest BCUT2D eigenvalue weighted by atomic mass is 32.2. The zero-order chi connectivity index (χ0) is 28.8. The average Bonchev–Trinajstić information content (AvgIpc) is 3.77. The fraction of sp³-hybridized carbons (Fsp3) is 0.533. The van der Waals surface area contributed by atoms with Crippen LogP contribution in [-0.4, -0.2) is 89.3 Å². The van der Waals surface area contributed by atoms with Crippen LogP contribution in [0.25, 0.3) is 0 Å². The van der Waals surface area contributed by atoms with Crippen molar-refractivity contribution in [3.8, 4) is 5.75 Å². The number of nitrogens with zero attached hydrogens (tertiary/aromatic N) is 4. The summed E-state index contributed by atoms with van der Waals surface area (Å²) >= 11 is 1.74. The number of methoxy groups -OCH3 is 1. The van der Waals surface area contributed by atoms with Crippen LogP contribution in [0.1, 0.15) is 36.8 Å². The first-order valence-electron chi connectivity index (χ1n) is 14.3. The number of nitro groups is 1. The van der Waals surface area contributed by atoms with E-state index in [4.69, 9.17) is 9.47 Å². The second-order valence-electron chi connectivity index (χ2n) is 11.1. The average molecular weight is 583 g/mol. The van der Waals surface area contributed by atoms with Crippen LogP contribution in [0, 0.1) is 16.0 Å². The van der Waals surface area contributed by atoms with E-state index < -0.39 is 17.1 Å². The maximum absolute atomic E-state index is 13.8. The van der Waals surface area contributed by atoms with Crippen molar-refractivity contribution in [2.45, 2.75) is 49.3 Å². The van der Waals surface area contributed by atoms with E-state index in [-0.39, 0.29) is 23.5 Å². The quantitative estimate of drug-likeness (QED) is 0.297. The maximum atomic E-state index is 13.8. The topological polar surface area (TPSA) is 105 Å². The molecule has 220 valence electrons. The number of carbonyl (C=O) groups is 2. The molecule has 0 N–H and O–H groups in total. The number of nitro benzene ring substituents is 1. The van der Waals surface area contributed by atoms with Crippen LogP contribution in [0.3, 0.4) is 0 Å². The molecule has 11 heteroatoms. The Labute approximate surface area is 245 Å². The Morgan fingerprint density at radius 3 is 2.39 bits per heavy atom. The Morgan fingerprint density at radius 1 is 1.00 bits per heavy atom. The van der Waals surface area contributed by atoms with Gasteiger partial charge in [0.15, 0.2) is 0 Å². The number of benzene rings is 2. The molecule has 0 unspecified atom stereocenters. The molecule has 3 aliphatic rings. The lowest BCUT2D eigenvalue weighted by molar-refractivity contribution is -0.384. The smallest absolute Gasteiger partial charge is 0.410 e. The Hall–Kier alpha value is -3.31. The van der Waals surface area contributed by atoms with E-state index >= 15 is 0 Å². The molecule has 3 fully saturated rings. The van der Waals surface area contributed by atoms with Gasteiger partial charge in [-0.2, -0.15) is 11.8 Å². The van der Waals surface area contributed by atoms with Gasteiger partial charge in [0.05, 0.1) is 12.0 Å². The van der Waals surface area contributed by atoms with Gasteiger partial charge < -0.3 is 19.3 Å². The molecule has 0 spiro atoms. The van der Waals surface area contributed by atoms with Crippen LogP contribution in [0.2, 0.25) is 0 Å². The first-order valence-corrected chi connectivity index (χ1v) is 15.4. The van der Waals surface area contributed by atoms with E-state index in [0.717, 1.165) is 56.2 Å². The van der Waals surface area contributed by atoms with Crippen LogP contribution >= 0.6 is 11.8 Å². The molecule has 0 bridgehead atoms. The minimum absolute atomic E-state index is 0.00811. The lowest BCUT2D eigenvalue weighted by Gasteiger charge is -2.27. The van der Waals surface area contributed by atoms with E-state index in [0.29, 0.717) is 24.4 Å². The van der Waals surface area contributed by atoms with Gasteiger partial charge in [0.2, 0.25) is 5.91 Å². The minimum atomic E-state index is -0.557. The molecule has 0 radical (unpaired) electrons. The van der Waals surface area contributed by atoms with Gasteiger partial charge in [-0.25, -0.2) is 4.79 Å². The zero-order valence-electron chi connectivity index (χ0n) is 23.5. The van der Waals surface area contributed by atoms with Crippen LogP contribution in [0.4, 0.5) is 10.5 Å². The van der Waals surface area contributed by atoms with Crippen molar-refractivity contribution in [3.05, 3.63) is 69.8 Å². The van der Waals surface area contributed by atoms with Crippen molar-refractivity contribution >= 4 is 29.4 Å². The summed E-state index contributed by atoms with van der Waals surface area (Å²) in [6.07, 6.45) is 3.56. The number of amides is 2. The first kappa shape index (κ1) is 29.2. The molecular formula is C30H38N4O6S. The summed E-state index contributed by atoms with van der Waals surface area (Å²) in [5.41, 5.74) is 1.79. The standard InChI is InChI=1S/C30H38N4O6S/c1-39-26-10-6-23(7-11-26)21-41-27-16-28(29(35)32-15-12-24(18-32)17-31-13-2-3-14-31)33(19-27)30(36)40-20-22-4-8-25(9-5-22)34(37)38/h4-11,24,27-28H,2-3,12-21H2,1H3/t24-,27+,28+/m1/s1. The van der Waals surface area contributed by atoms with Crippen molar-refractivity contribution in [3.63, 3.8) is 0 Å². The highest BCUT2D eigenvalue weighted by Crippen LogP contribution is 2.33. The molecule has 3 heterocycles. The van der Waals surface area contributed by atoms with Crippen molar-refractivity contribution < 1.29 is 24.0 Å². The Bertz CT molecular complexity index is 1200. The Kier molecular flexibility index (Phi) is 9.66. The Balaban J connectivity index is 1.22. The van der Waals surface area contributed by atoms with Gasteiger partial charge in [0, 0.05) is 49.3 Å². The lowest BCUT2D eigenvalue weighted by Crippen LogP contribution is -2.47. The molecule has 3 saturated heterocycles. The van der Waals surface area contributed by atoms with E-state index in [1.54, 1.807) is 35.9 Å². The zero-order valence-corrected chi connectivity index (χ0v) is 24.3. The van der Waals surface area contributed by atoms with Gasteiger partial charge in [-0.3, -0.25) is 19.8 Å². The summed E-state index contributed by atoms with van der Waals surface area (Å²) in [5, 5.41) is 11.0. The third kappa shape index (κ3) is 7.51. The molecule has 2 aromatic carbocycles. The monoisotopic (exact) mass is 582 g/mol. The molecule has 10 nitrogen and oxygen atoms in total. The molecule has 2 aromatic rings. The normalized spacial score (nSPS) is 22.7. The van der Waals surface area contributed by atoms with E-state index in [2.05, 4.69) is 4.90 Å². The summed E-state index contributed by atoms with van der Waals surface area (Å²) < 4.78 is 10.9. The fourth-order valence-corrected chi connectivity index (χ4v) is 7.16. The van der Waals surface area contributed by atoms with Gasteiger partial charge in [-0.15, -0.1) is 0 Å². The number of hydrogen-bond donors (Lipinski definition) is 0. The van der Waals surface area contributed by atoms with Crippen molar-refractivity contribution in [1.29, 1.82) is 0 Å². The second-order valence-corrected chi connectivity index (χ2v) is 12.4. The third-order valence-corrected chi connectivity index (χ3v) is 9.56. The maximum Gasteiger partial charge on any atom is 0.410 e. The Morgan fingerprint density at radius 2 is 1.71 bits per heavy atom. The van der Waals surface area contributed by atoms with Crippen LogP contribution < -0.4 is 4.74 Å².